The van der Waals surface area contributed by atoms with Crippen LogP contribution in [0.3, 0.4) is 0 Å². The van der Waals surface area contributed by atoms with Gasteiger partial charge in [0.2, 0.25) is 0 Å². The van der Waals surface area contributed by atoms with Crippen LogP contribution in [0.1, 0.15) is 13.8 Å². The maximum Gasteiger partial charge on any atom is 0.172 e. The molecule has 1 aliphatic heterocycles. The first kappa shape index (κ1) is 12.1. The third-order valence-electron chi connectivity index (χ3n) is 1.95. The molecule has 0 radical (unpaired) electrons. The van der Waals surface area contributed by atoms with Gasteiger partial charge in [0.1, 0.15) is 0 Å². The van der Waals surface area contributed by atoms with Crippen LogP contribution >= 0.6 is 35.3 Å². The van der Waals surface area contributed by atoms with Gasteiger partial charge in [-0.3, -0.25) is 0 Å². The number of nitrogens with one attached hydrogen (secondary N) is 1. The molecule has 0 fully saturated rings. The SMILES string of the molecule is CC(C)CSC1=Nc2ccc(Cl)cc2SN1. The zero-order valence-electron chi connectivity index (χ0n) is 9.16. The molecular weight excluding hydrogens is 260 g/mol. The summed E-state index contributed by atoms with van der Waals surface area (Å²) in [6.07, 6.45) is 0. The first-order valence-electron chi connectivity index (χ1n) is 5.09. The van der Waals surface area contributed by atoms with Gasteiger partial charge < -0.3 is 4.72 Å². The topological polar surface area (TPSA) is 24.4 Å². The molecule has 1 N–H and O–H groups in total. The number of amidine groups is 1. The van der Waals surface area contributed by atoms with Crippen LogP contribution in [0.2, 0.25) is 5.02 Å². The van der Waals surface area contributed by atoms with Crippen molar-refractivity contribution in [3.63, 3.8) is 0 Å². The second kappa shape index (κ2) is 5.34. The lowest BCUT2D eigenvalue weighted by atomic mass is 10.3. The van der Waals surface area contributed by atoms with Crippen LogP contribution in [0.15, 0.2) is 28.1 Å². The van der Waals surface area contributed by atoms with Crippen LogP contribution < -0.4 is 4.72 Å². The zero-order chi connectivity index (χ0) is 11.5. The molecular formula is C11H13ClN2S2. The molecule has 0 saturated heterocycles. The average molecular weight is 273 g/mol. The highest BCUT2D eigenvalue weighted by atomic mass is 35.5. The first-order chi connectivity index (χ1) is 7.65. The summed E-state index contributed by atoms with van der Waals surface area (Å²) in [5.41, 5.74) is 0.999. The molecule has 16 heavy (non-hydrogen) atoms. The van der Waals surface area contributed by atoms with E-state index in [0.29, 0.717) is 5.92 Å². The third kappa shape index (κ3) is 3.09. The Morgan fingerprint density at radius 2 is 2.31 bits per heavy atom. The van der Waals surface area contributed by atoms with Crippen LogP contribution in [-0.4, -0.2) is 10.9 Å². The molecule has 2 rings (SSSR count). The van der Waals surface area contributed by atoms with Gasteiger partial charge in [-0.25, -0.2) is 4.99 Å². The summed E-state index contributed by atoms with van der Waals surface area (Å²) < 4.78 is 3.23. The second-order valence-corrected chi connectivity index (χ2v) is 6.23. The molecule has 0 bridgehead atoms. The van der Waals surface area contributed by atoms with Gasteiger partial charge in [-0.15, -0.1) is 0 Å². The minimum Gasteiger partial charge on any atom is -0.305 e. The molecule has 1 aromatic rings. The highest BCUT2D eigenvalue weighted by Crippen LogP contribution is 2.35. The van der Waals surface area contributed by atoms with E-state index in [0.717, 1.165) is 26.5 Å². The Morgan fingerprint density at radius 3 is 3.06 bits per heavy atom. The van der Waals surface area contributed by atoms with Crippen LogP contribution in [-0.2, 0) is 0 Å². The van der Waals surface area contributed by atoms with Crippen LogP contribution in [0.4, 0.5) is 5.69 Å². The van der Waals surface area contributed by atoms with Crippen molar-refractivity contribution in [2.75, 3.05) is 5.75 Å². The third-order valence-corrected chi connectivity index (χ3v) is 4.45. The average Bonchev–Trinajstić information content (AvgIpc) is 2.26. The smallest absolute Gasteiger partial charge is 0.172 e. The molecule has 0 saturated carbocycles. The summed E-state index contributed by atoms with van der Waals surface area (Å²) >= 11 is 9.26. The van der Waals surface area contributed by atoms with E-state index in [1.54, 1.807) is 23.7 Å². The van der Waals surface area contributed by atoms with Gasteiger partial charge in [-0.05, 0) is 36.1 Å². The lowest BCUT2D eigenvalue weighted by Gasteiger charge is -2.16. The van der Waals surface area contributed by atoms with Gasteiger partial charge in [0.15, 0.2) is 5.17 Å². The van der Waals surface area contributed by atoms with E-state index >= 15 is 0 Å². The lowest BCUT2D eigenvalue weighted by Crippen LogP contribution is -2.16. The summed E-state index contributed by atoms with van der Waals surface area (Å²) in [5, 5.41) is 1.73. The highest BCUT2D eigenvalue weighted by Gasteiger charge is 2.13. The van der Waals surface area contributed by atoms with Crippen molar-refractivity contribution >= 4 is 46.2 Å². The molecule has 0 aromatic heterocycles. The van der Waals surface area contributed by atoms with Gasteiger partial charge in [0, 0.05) is 10.8 Å². The molecule has 0 amide bonds. The number of thioether (sulfide) groups is 1. The van der Waals surface area contributed by atoms with E-state index in [-0.39, 0.29) is 0 Å². The van der Waals surface area contributed by atoms with Crippen molar-refractivity contribution in [3.8, 4) is 0 Å². The predicted molar refractivity (Wildman–Crippen MR) is 74.8 cm³/mol. The Labute approximate surface area is 109 Å². The van der Waals surface area contributed by atoms with E-state index in [1.165, 1.54) is 0 Å². The minimum atomic E-state index is 0.672. The number of fused-ring (bicyclic) bond motifs is 1. The molecule has 0 spiro atoms. The Kier molecular flexibility index (Phi) is 4.05. The summed E-state index contributed by atoms with van der Waals surface area (Å²) in [5.74, 6) is 1.75. The van der Waals surface area contributed by atoms with Crippen molar-refractivity contribution in [2.45, 2.75) is 18.7 Å². The van der Waals surface area contributed by atoms with Gasteiger partial charge in [-0.2, -0.15) is 0 Å². The van der Waals surface area contributed by atoms with Crippen molar-refractivity contribution < 1.29 is 0 Å². The summed E-state index contributed by atoms with van der Waals surface area (Å²) in [6, 6.07) is 5.77. The van der Waals surface area contributed by atoms with E-state index in [9.17, 15) is 0 Å². The van der Waals surface area contributed by atoms with E-state index < -0.39 is 0 Å². The molecule has 1 aromatic carbocycles. The molecule has 1 heterocycles. The Bertz CT molecular complexity index is 418. The van der Waals surface area contributed by atoms with Crippen molar-refractivity contribution in [1.29, 1.82) is 0 Å². The van der Waals surface area contributed by atoms with Crippen LogP contribution in [0.25, 0.3) is 0 Å². The van der Waals surface area contributed by atoms with Gasteiger partial charge in [0.05, 0.1) is 10.6 Å². The molecule has 2 nitrogen and oxygen atoms in total. The fraction of sp³-hybridized carbons (Fsp3) is 0.364. The molecule has 86 valence electrons. The summed E-state index contributed by atoms with van der Waals surface area (Å²) in [7, 11) is 0. The van der Waals surface area contributed by atoms with Crippen molar-refractivity contribution in [1.82, 2.24) is 4.72 Å². The largest absolute Gasteiger partial charge is 0.305 e. The molecule has 0 unspecified atom stereocenters. The second-order valence-electron chi connectivity index (χ2n) is 3.94. The standard InChI is InChI=1S/C11H13ClN2S2/c1-7(2)6-15-11-13-9-4-3-8(12)5-10(9)16-14-11/h3-5,7H,6H2,1-2H3,(H,13,14). The first-order valence-corrected chi connectivity index (χ1v) is 7.27. The quantitative estimate of drug-likeness (QED) is 0.811. The maximum absolute atomic E-state index is 5.92. The summed E-state index contributed by atoms with van der Waals surface area (Å²) in [6.45, 7) is 4.41. The number of rotatable bonds is 2. The van der Waals surface area contributed by atoms with E-state index in [1.807, 2.05) is 18.2 Å². The zero-order valence-corrected chi connectivity index (χ0v) is 11.5. The predicted octanol–water partition coefficient (Wildman–Crippen LogP) is 4.33. The molecule has 5 heteroatoms. The van der Waals surface area contributed by atoms with Crippen LogP contribution in [0.5, 0.6) is 0 Å². The number of halogens is 1. The number of hydrogen-bond acceptors (Lipinski definition) is 4. The highest BCUT2D eigenvalue weighted by molar-refractivity contribution is 8.15. The Morgan fingerprint density at radius 1 is 1.50 bits per heavy atom. The lowest BCUT2D eigenvalue weighted by molar-refractivity contribution is 0.752. The normalized spacial score (nSPS) is 14.4. The van der Waals surface area contributed by atoms with E-state index in [2.05, 4.69) is 23.6 Å². The Balaban J connectivity index is 2.12. The summed E-state index contributed by atoms with van der Waals surface area (Å²) in [4.78, 5) is 5.63. The van der Waals surface area contributed by atoms with E-state index in [4.69, 9.17) is 11.6 Å². The van der Waals surface area contributed by atoms with Gasteiger partial charge in [-0.1, -0.05) is 37.2 Å². The fourth-order valence-electron chi connectivity index (χ4n) is 1.20. The molecule has 1 aliphatic rings. The number of benzene rings is 1. The molecule has 0 atom stereocenters. The minimum absolute atomic E-state index is 0.672. The molecule has 0 aliphatic carbocycles. The van der Waals surface area contributed by atoms with Gasteiger partial charge >= 0.3 is 0 Å². The number of hydrogen-bond donors (Lipinski definition) is 1. The Hall–Kier alpha value is -0.320. The number of nitrogens with zero attached hydrogens (tertiary/aromatic N) is 1. The maximum atomic E-state index is 5.92. The van der Waals surface area contributed by atoms with Crippen molar-refractivity contribution in [2.24, 2.45) is 10.9 Å². The van der Waals surface area contributed by atoms with Crippen LogP contribution in [0, 0.1) is 5.92 Å². The van der Waals surface area contributed by atoms with Crippen molar-refractivity contribution in [3.05, 3.63) is 23.2 Å². The fourth-order valence-corrected chi connectivity index (χ4v) is 3.10. The van der Waals surface area contributed by atoms with Gasteiger partial charge in [0.25, 0.3) is 0 Å². The monoisotopic (exact) mass is 272 g/mol. The number of aliphatic imine (C=N–C) groups is 1.